The summed E-state index contributed by atoms with van der Waals surface area (Å²) in [7, 11) is 1.52. The van der Waals surface area contributed by atoms with E-state index >= 15 is 0 Å². The lowest BCUT2D eigenvalue weighted by molar-refractivity contribution is -0.870. The van der Waals surface area contributed by atoms with Gasteiger partial charge in [-0.05, 0) is 12.8 Å². The van der Waals surface area contributed by atoms with Crippen LogP contribution in [0.3, 0.4) is 0 Å². The molecule has 0 rings (SSSR count). The Morgan fingerprint density at radius 2 is 1.13 bits per heavy atom. The molecule has 9 heteroatoms. The minimum absolute atomic E-state index is 0.0741. The third-order valence-electron chi connectivity index (χ3n) is 7.00. The van der Waals surface area contributed by atoms with E-state index in [9.17, 15) is 14.3 Å². The predicted octanol–water partition coefficient (Wildman–Crippen LogP) is 7.27. The Morgan fingerprint density at radius 3 is 1.59 bits per heavy atom. The van der Waals surface area contributed by atoms with Crippen molar-refractivity contribution in [2.24, 2.45) is 0 Å². The number of urea groups is 1. The van der Waals surface area contributed by atoms with Crippen LogP contribution in [0.25, 0.3) is 0 Å². The fraction of sp³-hybridized carbons (Fsp3) is 0.967. The third kappa shape index (κ3) is 27.3. The summed E-state index contributed by atoms with van der Waals surface area (Å²) >= 11 is 0. The molecule has 234 valence electrons. The third-order valence-corrected chi connectivity index (χ3v) is 8.00. The van der Waals surface area contributed by atoms with Gasteiger partial charge in [0.1, 0.15) is 13.2 Å². The fourth-order valence-electron chi connectivity index (χ4n) is 4.38. The molecule has 0 saturated heterocycles. The molecule has 1 N–H and O–H groups in total. The number of unbranched alkanes of at least 4 members (excludes halogenated alkanes) is 16. The Labute approximate surface area is 241 Å². The number of amides is 2. The molecule has 0 aromatic heterocycles. The van der Waals surface area contributed by atoms with Crippen molar-refractivity contribution < 1.29 is 27.8 Å². The highest BCUT2D eigenvalue weighted by Gasteiger charge is 2.16. The molecule has 0 saturated carbocycles. The molecule has 0 aliphatic heterocycles. The van der Waals surface area contributed by atoms with E-state index in [0.29, 0.717) is 24.1 Å². The maximum atomic E-state index is 12.6. The second-order valence-electron chi connectivity index (χ2n) is 12.0. The van der Waals surface area contributed by atoms with E-state index in [-0.39, 0.29) is 25.8 Å². The van der Waals surface area contributed by atoms with Gasteiger partial charge < -0.3 is 28.6 Å². The Bertz CT molecular complexity index is 616. The Hall–Kier alpha value is -0.660. The van der Waals surface area contributed by atoms with Crippen LogP contribution in [0.1, 0.15) is 129 Å². The summed E-state index contributed by atoms with van der Waals surface area (Å²) in [4.78, 5) is 26.4. The number of nitrogens with one attached hydrogen (secondary N) is 1. The summed E-state index contributed by atoms with van der Waals surface area (Å²) < 4.78 is 22.7. The monoisotopic (exact) mass is 577 g/mol. The molecule has 8 nitrogen and oxygen atoms in total. The average Bonchev–Trinajstić information content (AvgIpc) is 2.86. The van der Waals surface area contributed by atoms with Gasteiger partial charge in [0.2, 0.25) is 0 Å². The minimum Gasteiger partial charge on any atom is -0.756 e. The highest BCUT2D eigenvalue weighted by Crippen LogP contribution is 2.37. The van der Waals surface area contributed by atoms with E-state index < -0.39 is 7.82 Å². The largest absolute Gasteiger partial charge is 0.756 e. The Morgan fingerprint density at radius 1 is 0.692 bits per heavy atom. The van der Waals surface area contributed by atoms with Gasteiger partial charge in [-0.25, -0.2) is 4.79 Å². The zero-order chi connectivity index (χ0) is 29.2. The molecule has 0 bridgehead atoms. The molecule has 1 unspecified atom stereocenters. The van der Waals surface area contributed by atoms with Crippen LogP contribution in [0.5, 0.6) is 0 Å². The molecule has 1 atom stereocenters. The van der Waals surface area contributed by atoms with Crippen molar-refractivity contribution in [3.63, 3.8) is 0 Å². The van der Waals surface area contributed by atoms with Gasteiger partial charge in [-0.15, -0.1) is 0 Å². The normalized spacial score (nSPS) is 13.4. The maximum Gasteiger partial charge on any atom is 0.317 e. The van der Waals surface area contributed by atoms with Gasteiger partial charge in [0.25, 0.3) is 7.82 Å². The predicted molar refractivity (Wildman–Crippen MR) is 162 cm³/mol. The van der Waals surface area contributed by atoms with Crippen molar-refractivity contribution in [3.05, 3.63) is 0 Å². The number of phosphoric ester groups is 1. The average molecular weight is 578 g/mol. The molecule has 39 heavy (non-hydrogen) atoms. The summed E-state index contributed by atoms with van der Waals surface area (Å²) in [6.07, 6.45) is 22.8. The molecule has 0 aliphatic rings. The lowest BCUT2D eigenvalue weighted by Gasteiger charge is -2.28. The van der Waals surface area contributed by atoms with Crippen LogP contribution in [-0.2, 0) is 13.6 Å². The standard InChI is InChI=1S/C30H64N3O5P/c1-6-8-10-11-12-13-14-15-16-17-18-19-20-21-22-23-25-32(30(34)31-24-9-7-2)26-28-37-39(35,36)38-29-27-33(3,4)5/h6-29H2,1-5H3,(H-,31,34,35,36). The molecule has 0 heterocycles. The van der Waals surface area contributed by atoms with Crippen LogP contribution in [-0.4, -0.2) is 75.9 Å². The molecular weight excluding hydrogens is 513 g/mol. The summed E-state index contributed by atoms with van der Waals surface area (Å²) in [5.41, 5.74) is 0. The van der Waals surface area contributed by atoms with Gasteiger partial charge in [0, 0.05) is 19.6 Å². The number of carbonyl (C=O) groups excluding carboxylic acids is 1. The number of hydrogen-bond donors (Lipinski definition) is 1. The van der Waals surface area contributed by atoms with Gasteiger partial charge in [-0.3, -0.25) is 4.57 Å². The van der Waals surface area contributed by atoms with Crippen molar-refractivity contribution in [2.75, 3.05) is 60.5 Å². The number of hydrogen-bond acceptors (Lipinski definition) is 5. The second kappa shape index (κ2) is 25.1. The van der Waals surface area contributed by atoms with Crippen LogP contribution in [0.15, 0.2) is 0 Å². The highest BCUT2D eigenvalue weighted by atomic mass is 31.2. The van der Waals surface area contributed by atoms with Gasteiger partial charge in [-0.2, -0.15) is 0 Å². The molecule has 0 aliphatic carbocycles. The zero-order valence-electron chi connectivity index (χ0n) is 26.4. The van der Waals surface area contributed by atoms with Crippen LogP contribution in [0.2, 0.25) is 0 Å². The van der Waals surface area contributed by atoms with E-state index in [1.807, 2.05) is 21.1 Å². The first-order valence-electron chi connectivity index (χ1n) is 16.0. The van der Waals surface area contributed by atoms with Gasteiger partial charge in [-0.1, -0.05) is 117 Å². The van der Waals surface area contributed by atoms with Crippen LogP contribution < -0.4 is 10.2 Å². The van der Waals surface area contributed by atoms with E-state index in [1.165, 1.54) is 89.9 Å². The number of nitrogens with zero attached hydrogens (tertiary/aromatic N) is 2. The SMILES string of the molecule is CCCCCCCCCCCCCCCCCCN(CCOP(=O)([O-])OCC[N+](C)(C)C)C(=O)NCCCC. The van der Waals surface area contributed by atoms with Crippen LogP contribution >= 0.6 is 7.82 Å². The van der Waals surface area contributed by atoms with Crippen molar-refractivity contribution in [2.45, 2.75) is 129 Å². The van der Waals surface area contributed by atoms with Gasteiger partial charge in [0.05, 0.1) is 27.7 Å². The molecular formula is C30H64N3O5P. The summed E-state index contributed by atoms with van der Waals surface area (Å²) in [5, 5.41) is 2.94. The summed E-state index contributed by atoms with van der Waals surface area (Å²) in [6.45, 7) is 6.34. The van der Waals surface area contributed by atoms with Crippen molar-refractivity contribution >= 4 is 13.9 Å². The topological polar surface area (TPSA) is 90.9 Å². The molecule has 2 amide bonds. The first kappa shape index (κ1) is 38.3. The molecule has 0 radical (unpaired) electrons. The molecule has 0 aromatic rings. The van der Waals surface area contributed by atoms with E-state index in [1.54, 1.807) is 4.90 Å². The number of quaternary nitrogens is 1. The quantitative estimate of drug-likeness (QED) is 0.0600. The second-order valence-corrected chi connectivity index (χ2v) is 13.4. The molecule has 0 fully saturated rings. The maximum absolute atomic E-state index is 12.6. The molecule has 0 aromatic carbocycles. The number of phosphoric acid groups is 1. The smallest absolute Gasteiger partial charge is 0.317 e. The van der Waals surface area contributed by atoms with Crippen LogP contribution in [0, 0.1) is 0 Å². The van der Waals surface area contributed by atoms with Crippen molar-refractivity contribution in [3.8, 4) is 0 Å². The number of likely N-dealkylation sites (N-methyl/N-ethyl adjacent to an activating group) is 1. The zero-order valence-corrected chi connectivity index (χ0v) is 27.2. The van der Waals surface area contributed by atoms with Crippen molar-refractivity contribution in [1.29, 1.82) is 0 Å². The molecule has 0 spiro atoms. The van der Waals surface area contributed by atoms with Gasteiger partial charge >= 0.3 is 6.03 Å². The summed E-state index contributed by atoms with van der Waals surface area (Å²) in [5.74, 6) is 0. The van der Waals surface area contributed by atoms with E-state index in [4.69, 9.17) is 9.05 Å². The number of carbonyl (C=O) groups is 1. The highest BCUT2D eigenvalue weighted by molar-refractivity contribution is 7.45. The first-order valence-corrected chi connectivity index (χ1v) is 17.5. The number of rotatable bonds is 28. The van der Waals surface area contributed by atoms with Gasteiger partial charge in [0.15, 0.2) is 0 Å². The Balaban J connectivity index is 4.04. The Kier molecular flexibility index (Phi) is 24.7. The minimum atomic E-state index is -4.37. The van der Waals surface area contributed by atoms with E-state index in [0.717, 1.165) is 25.7 Å². The van der Waals surface area contributed by atoms with Crippen LogP contribution in [0.4, 0.5) is 4.79 Å². The lowest BCUT2D eigenvalue weighted by atomic mass is 10.0. The van der Waals surface area contributed by atoms with Crippen molar-refractivity contribution in [1.82, 2.24) is 10.2 Å². The lowest BCUT2D eigenvalue weighted by Crippen LogP contribution is -2.42. The summed E-state index contributed by atoms with van der Waals surface area (Å²) in [6, 6.07) is -0.153. The van der Waals surface area contributed by atoms with E-state index in [2.05, 4.69) is 19.2 Å². The fourth-order valence-corrected chi connectivity index (χ4v) is 5.06. The first-order chi connectivity index (χ1) is 18.6.